The van der Waals surface area contributed by atoms with E-state index in [-0.39, 0.29) is 24.1 Å². The zero-order valence-electron chi connectivity index (χ0n) is 20.4. The van der Waals surface area contributed by atoms with Gasteiger partial charge < -0.3 is 15.2 Å². The molecule has 2 aromatic carbocycles. The van der Waals surface area contributed by atoms with Crippen molar-refractivity contribution in [3.63, 3.8) is 0 Å². The highest BCUT2D eigenvalue weighted by atomic mass is 32.1. The second-order valence-corrected chi connectivity index (χ2v) is 11.2. The van der Waals surface area contributed by atoms with E-state index < -0.39 is 11.4 Å². The van der Waals surface area contributed by atoms with Gasteiger partial charge in [-0.2, -0.15) is 0 Å². The van der Waals surface area contributed by atoms with Crippen LogP contribution < -0.4 is 15.6 Å². The summed E-state index contributed by atoms with van der Waals surface area (Å²) in [5, 5.41) is 12.4. The monoisotopic (exact) mass is 516 g/mol. The van der Waals surface area contributed by atoms with E-state index in [0.717, 1.165) is 36.1 Å². The number of amides is 1. The summed E-state index contributed by atoms with van der Waals surface area (Å²) < 4.78 is 8.75. The van der Waals surface area contributed by atoms with Crippen molar-refractivity contribution in [2.24, 2.45) is 5.41 Å². The molecule has 6 rings (SSSR count). The molecule has 2 aliphatic rings. The number of fused-ring (bicyclic) bond motifs is 3. The molecule has 0 bridgehead atoms. The van der Waals surface area contributed by atoms with Crippen LogP contribution in [0.15, 0.2) is 59.4 Å². The van der Waals surface area contributed by atoms with E-state index in [1.807, 2.05) is 48.5 Å². The number of benzene rings is 2. The minimum atomic E-state index is -0.889. The number of carbonyl (C=O) groups excluding carboxylic acids is 1. The van der Waals surface area contributed by atoms with Crippen LogP contribution in [0.25, 0.3) is 26.2 Å². The molecule has 190 valence electrons. The summed E-state index contributed by atoms with van der Waals surface area (Å²) in [4.78, 5) is 39.4. The Balaban J connectivity index is 1.46. The van der Waals surface area contributed by atoms with Crippen molar-refractivity contribution in [3.05, 3.63) is 70.5 Å². The van der Waals surface area contributed by atoms with Crippen molar-refractivity contribution in [1.82, 2.24) is 9.72 Å². The number of hydrogen-bond acceptors (Lipinski definition) is 5. The maximum atomic E-state index is 13.8. The summed E-state index contributed by atoms with van der Waals surface area (Å²) in [6, 6.07) is 16.7. The number of thiazole rings is 1. The molecule has 37 heavy (non-hydrogen) atoms. The fourth-order valence-electron chi connectivity index (χ4n) is 5.18. The van der Waals surface area contributed by atoms with E-state index >= 15 is 0 Å². The molecule has 2 fully saturated rings. The number of nitrogens with one attached hydrogen (secondary N) is 1. The molecule has 0 aliphatic heterocycles. The first kappa shape index (κ1) is 23.7. The van der Waals surface area contributed by atoms with Gasteiger partial charge in [-0.25, -0.2) is 0 Å². The molecule has 0 saturated heterocycles. The molecule has 0 spiro atoms. The first-order valence-corrected chi connectivity index (χ1v) is 13.6. The molecule has 2 heterocycles. The standard InChI is InChI=1S/C29H28N2O5S/c32-25(30-17-29(13-14-29)28(34)35)22-16-21(18-7-3-1-4-8-18)26(33)31-23-15-20(11-12-24(23)37-27(22)31)36-19-9-5-2-6-10-19/h1,3-4,7-8,11-12,15-16,19H,2,5-6,9-10,13-14,17H2,(H,30,32)(H,34,35). The largest absolute Gasteiger partial charge is 0.490 e. The molecule has 7 nitrogen and oxygen atoms in total. The van der Waals surface area contributed by atoms with Crippen molar-refractivity contribution >= 4 is 38.3 Å². The third-order valence-corrected chi connectivity index (χ3v) is 8.77. The van der Waals surface area contributed by atoms with E-state index in [0.29, 0.717) is 39.9 Å². The van der Waals surface area contributed by atoms with Gasteiger partial charge in [0, 0.05) is 18.2 Å². The van der Waals surface area contributed by atoms with Crippen molar-refractivity contribution in [2.75, 3.05) is 6.54 Å². The Kier molecular flexibility index (Phi) is 5.99. The predicted molar refractivity (Wildman–Crippen MR) is 144 cm³/mol. The number of pyridine rings is 1. The van der Waals surface area contributed by atoms with Gasteiger partial charge in [-0.1, -0.05) is 36.8 Å². The SMILES string of the molecule is O=C(NCC1(C(=O)O)CC1)c1cc(-c2ccccc2)c(=O)n2c1sc1ccc(OC3CCCCC3)cc12. The van der Waals surface area contributed by atoms with Gasteiger partial charge >= 0.3 is 5.97 Å². The Bertz CT molecular complexity index is 1560. The van der Waals surface area contributed by atoms with E-state index in [1.54, 1.807) is 10.5 Å². The van der Waals surface area contributed by atoms with Crippen LogP contribution in [0.4, 0.5) is 0 Å². The van der Waals surface area contributed by atoms with Gasteiger partial charge in [-0.3, -0.25) is 18.8 Å². The molecule has 2 aliphatic carbocycles. The second-order valence-electron chi connectivity index (χ2n) is 10.2. The lowest BCUT2D eigenvalue weighted by atomic mass is 9.98. The summed E-state index contributed by atoms with van der Waals surface area (Å²) in [6.07, 6.45) is 6.90. The summed E-state index contributed by atoms with van der Waals surface area (Å²) in [6.45, 7) is 0.0669. The van der Waals surface area contributed by atoms with Crippen molar-refractivity contribution < 1.29 is 19.4 Å². The molecule has 8 heteroatoms. The lowest BCUT2D eigenvalue weighted by Crippen LogP contribution is -2.34. The average molecular weight is 517 g/mol. The molecule has 4 aromatic rings. The number of aromatic nitrogens is 1. The summed E-state index contributed by atoms with van der Waals surface area (Å²) >= 11 is 1.37. The summed E-state index contributed by atoms with van der Waals surface area (Å²) in [5.41, 5.74) is 1.11. The Morgan fingerprint density at radius 2 is 1.81 bits per heavy atom. The zero-order chi connectivity index (χ0) is 25.6. The van der Waals surface area contributed by atoms with Crippen molar-refractivity contribution in [3.8, 4) is 16.9 Å². The minimum Gasteiger partial charge on any atom is -0.490 e. The van der Waals surface area contributed by atoms with Crippen LogP contribution >= 0.6 is 11.3 Å². The van der Waals surface area contributed by atoms with Gasteiger partial charge in [0.1, 0.15) is 10.6 Å². The number of ether oxygens (including phenoxy) is 1. The first-order valence-electron chi connectivity index (χ1n) is 12.8. The van der Waals surface area contributed by atoms with Gasteiger partial charge in [0.25, 0.3) is 11.5 Å². The van der Waals surface area contributed by atoms with Crippen LogP contribution in [-0.2, 0) is 4.79 Å². The molecular weight excluding hydrogens is 488 g/mol. The molecule has 0 atom stereocenters. The topological polar surface area (TPSA) is 97.1 Å². The Hall–Kier alpha value is -3.65. The van der Waals surface area contributed by atoms with Crippen LogP contribution in [-0.4, -0.2) is 34.0 Å². The highest BCUT2D eigenvalue weighted by Crippen LogP contribution is 2.45. The van der Waals surface area contributed by atoms with Crippen molar-refractivity contribution in [1.29, 1.82) is 0 Å². The molecule has 1 amide bonds. The highest BCUT2D eigenvalue weighted by Gasteiger charge is 2.50. The number of nitrogens with zero attached hydrogens (tertiary/aromatic N) is 1. The number of hydrogen-bond donors (Lipinski definition) is 2. The number of carboxylic acid groups (broad SMARTS) is 1. The second kappa shape index (κ2) is 9.34. The summed E-state index contributed by atoms with van der Waals surface area (Å²) in [7, 11) is 0. The quantitative estimate of drug-likeness (QED) is 0.339. The molecular formula is C29H28N2O5S. The predicted octanol–water partition coefficient (Wildman–Crippen LogP) is 5.49. The van der Waals surface area contributed by atoms with Gasteiger partial charge in [-0.15, -0.1) is 11.3 Å². The number of aliphatic carboxylic acids is 1. The highest BCUT2D eigenvalue weighted by molar-refractivity contribution is 7.24. The van der Waals surface area contributed by atoms with Gasteiger partial charge in [0.05, 0.1) is 27.3 Å². The van der Waals surface area contributed by atoms with E-state index in [1.165, 1.54) is 17.8 Å². The van der Waals surface area contributed by atoms with E-state index in [4.69, 9.17) is 4.74 Å². The number of carbonyl (C=O) groups is 2. The maximum Gasteiger partial charge on any atom is 0.311 e. The number of carboxylic acids is 1. The van der Waals surface area contributed by atoms with Crippen molar-refractivity contribution in [2.45, 2.75) is 51.0 Å². The Morgan fingerprint density at radius 1 is 1.05 bits per heavy atom. The van der Waals surface area contributed by atoms with Crippen LogP contribution in [0.1, 0.15) is 55.3 Å². The zero-order valence-corrected chi connectivity index (χ0v) is 21.2. The first-order chi connectivity index (χ1) is 17.9. The normalized spacial score (nSPS) is 17.1. The molecule has 2 N–H and O–H groups in total. The van der Waals surface area contributed by atoms with E-state index in [9.17, 15) is 19.5 Å². The maximum absolute atomic E-state index is 13.8. The molecule has 2 aromatic heterocycles. The van der Waals surface area contributed by atoms with E-state index in [2.05, 4.69) is 5.32 Å². The minimum absolute atomic E-state index is 0.0669. The fraction of sp³-hybridized carbons (Fsp3) is 0.345. The third kappa shape index (κ3) is 4.39. The average Bonchev–Trinajstić information content (AvgIpc) is 3.62. The number of rotatable bonds is 7. The Labute approximate surface area is 217 Å². The third-order valence-electron chi connectivity index (χ3n) is 7.61. The molecule has 2 saturated carbocycles. The van der Waals surface area contributed by atoms with Gasteiger partial charge in [0.2, 0.25) is 0 Å². The fourth-order valence-corrected chi connectivity index (χ4v) is 6.31. The molecule has 0 unspecified atom stereocenters. The molecule has 0 radical (unpaired) electrons. The van der Waals surface area contributed by atoms with Crippen LogP contribution in [0.5, 0.6) is 5.75 Å². The lowest BCUT2D eigenvalue weighted by molar-refractivity contribution is -0.143. The van der Waals surface area contributed by atoms with Gasteiger partial charge in [-0.05, 0) is 62.3 Å². The Morgan fingerprint density at radius 3 is 2.51 bits per heavy atom. The van der Waals surface area contributed by atoms with Crippen LogP contribution in [0.3, 0.4) is 0 Å². The summed E-state index contributed by atoms with van der Waals surface area (Å²) in [5.74, 6) is -0.550. The smallest absolute Gasteiger partial charge is 0.311 e. The van der Waals surface area contributed by atoms with Crippen LogP contribution in [0, 0.1) is 5.41 Å². The van der Waals surface area contributed by atoms with Crippen LogP contribution in [0.2, 0.25) is 0 Å². The van der Waals surface area contributed by atoms with Gasteiger partial charge in [0.15, 0.2) is 0 Å². The lowest BCUT2D eigenvalue weighted by Gasteiger charge is -2.23.